The van der Waals surface area contributed by atoms with Gasteiger partial charge in [0.2, 0.25) is 0 Å². The second-order valence-corrected chi connectivity index (χ2v) is 5.81. The molecule has 1 fully saturated rings. The summed E-state index contributed by atoms with van der Waals surface area (Å²) in [7, 11) is 0. The van der Waals surface area contributed by atoms with Crippen molar-refractivity contribution >= 4 is 11.6 Å². The van der Waals surface area contributed by atoms with Crippen LogP contribution in [0.5, 0.6) is 0 Å². The van der Waals surface area contributed by atoms with E-state index >= 15 is 0 Å². The van der Waals surface area contributed by atoms with Crippen molar-refractivity contribution in [2.45, 2.75) is 52.5 Å². The molecule has 1 aromatic rings. The highest BCUT2D eigenvalue weighted by atomic mass is 15.2. The summed E-state index contributed by atoms with van der Waals surface area (Å²) in [6, 6.07) is 2.57. The quantitative estimate of drug-likeness (QED) is 0.771. The van der Waals surface area contributed by atoms with E-state index in [1.54, 1.807) is 0 Å². The molecule has 5 heteroatoms. The molecule has 1 aliphatic heterocycles. The Kier molecular flexibility index (Phi) is 6.23. The number of nitrogens with zero attached hydrogens (tertiary/aromatic N) is 3. The Morgan fingerprint density at radius 1 is 1.14 bits per heavy atom. The topological polar surface area (TPSA) is 53.1 Å². The van der Waals surface area contributed by atoms with Crippen LogP contribution in [-0.4, -0.2) is 47.1 Å². The van der Waals surface area contributed by atoms with Crippen LogP contribution in [0.3, 0.4) is 0 Å². The Balaban J connectivity index is 1.96. The molecule has 118 valence electrons. The molecule has 0 saturated carbocycles. The van der Waals surface area contributed by atoms with Crippen LogP contribution < -0.4 is 10.6 Å². The van der Waals surface area contributed by atoms with E-state index < -0.39 is 0 Å². The molecule has 0 spiro atoms. The third-order valence-electron chi connectivity index (χ3n) is 3.95. The number of hydrogen-bond acceptors (Lipinski definition) is 5. The number of aryl methyl sites for hydroxylation is 1. The van der Waals surface area contributed by atoms with Crippen LogP contribution in [0.25, 0.3) is 0 Å². The van der Waals surface area contributed by atoms with Gasteiger partial charge in [0.05, 0.1) is 0 Å². The minimum Gasteiger partial charge on any atom is -0.370 e. The van der Waals surface area contributed by atoms with Crippen LogP contribution in [0.2, 0.25) is 0 Å². The van der Waals surface area contributed by atoms with E-state index in [9.17, 15) is 0 Å². The van der Waals surface area contributed by atoms with Gasteiger partial charge in [-0.3, -0.25) is 4.90 Å². The summed E-state index contributed by atoms with van der Waals surface area (Å²) >= 11 is 0. The fourth-order valence-electron chi connectivity index (χ4n) is 2.76. The predicted octanol–water partition coefficient (Wildman–Crippen LogP) is 2.76. The highest BCUT2D eigenvalue weighted by Gasteiger charge is 2.17. The van der Waals surface area contributed by atoms with Crippen LogP contribution >= 0.6 is 0 Å². The Bertz CT molecular complexity index is 404. The summed E-state index contributed by atoms with van der Waals surface area (Å²) in [5.41, 5.74) is 0. The zero-order valence-electron chi connectivity index (χ0n) is 13.7. The van der Waals surface area contributed by atoms with Gasteiger partial charge in [0.15, 0.2) is 0 Å². The van der Waals surface area contributed by atoms with Crippen molar-refractivity contribution in [3.63, 3.8) is 0 Å². The molecule has 5 nitrogen and oxygen atoms in total. The van der Waals surface area contributed by atoms with Crippen molar-refractivity contribution in [3.05, 3.63) is 11.9 Å². The molecular formula is C16H29N5. The highest BCUT2D eigenvalue weighted by Crippen LogP contribution is 2.15. The monoisotopic (exact) mass is 291 g/mol. The minimum atomic E-state index is 0.555. The summed E-state index contributed by atoms with van der Waals surface area (Å²) in [4.78, 5) is 11.7. The first kappa shape index (κ1) is 16.0. The maximum Gasteiger partial charge on any atom is 0.133 e. The van der Waals surface area contributed by atoms with Gasteiger partial charge in [0.25, 0.3) is 0 Å². The Morgan fingerprint density at radius 2 is 1.81 bits per heavy atom. The van der Waals surface area contributed by atoms with Crippen molar-refractivity contribution in [1.29, 1.82) is 0 Å². The maximum absolute atomic E-state index is 4.62. The summed E-state index contributed by atoms with van der Waals surface area (Å²) in [5, 5.41) is 6.77. The van der Waals surface area contributed by atoms with Gasteiger partial charge < -0.3 is 10.6 Å². The second-order valence-electron chi connectivity index (χ2n) is 5.81. The van der Waals surface area contributed by atoms with Crippen LogP contribution in [0.15, 0.2) is 6.07 Å². The van der Waals surface area contributed by atoms with E-state index in [-0.39, 0.29) is 0 Å². The van der Waals surface area contributed by atoms with Gasteiger partial charge in [-0.2, -0.15) is 0 Å². The Morgan fingerprint density at radius 3 is 2.43 bits per heavy atom. The maximum atomic E-state index is 4.62. The van der Waals surface area contributed by atoms with Crippen molar-refractivity contribution in [3.8, 4) is 0 Å². The summed E-state index contributed by atoms with van der Waals surface area (Å²) in [5.74, 6) is 2.79. The lowest BCUT2D eigenvalue weighted by atomic mass is 10.3. The first-order valence-electron chi connectivity index (χ1n) is 8.32. The van der Waals surface area contributed by atoms with Gasteiger partial charge in [-0.25, -0.2) is 9.97 Å². The molecule has 1 aromatic heterocycles. The third-order valence-corrected chi connectivity index (χ3v) is 3.95. The van der Waals surface area contributed by atoms with Gasteiger partial charge >= 0.3 is 0 Å². The molecule has 1 atom stereocenters. The molecule has 0 aromatic carbocycles. The van der Waals surface area contributed by atoms with Crippen molar-refractivity contribution < 1.29 is 0 Å². The van der Waals surface area contributed by atoms with Crippen LogP contribution in [0, 0.1) is 0 Å². The fourth-order valence-corrected chi connectivity index (χ4v) is 2.76. The lowest BCUT2D eigenvalue weighted by Gasteiger charge is -2.24. The summed E-state index contributed by atoms with van der Waals surface area (Å²) in [6.07, 6.45) is 4.67. The molecule has 0 aliphatic carbocycles. The summed E-state index contributed by atoms with van der Waals surface area (Å²) in [6.45, 7) is 10.8. The molecule has 2 N–H and O–H groups in total. The van der Waals surface area contributed by atoms with E-state index in [1.807, 2.05) is 6.07 Å². The molecule has 21 heavy (non-hydrogen) atoms. The van der Waals surface area contributed by atoms with Crippen molar-refractivity contribution in [2.75, 3.05) is 36.8 Å². The Hall–Kier alpha value is -1.36. The molecule has 0 amide bonds. The average molecular weight is 291 g/mol. The van der Waals surface area contributed by atoms with E-state index in [1.165, 1.54) is 25.9 Å². The zero-order valence-corrected chi connectivity index (χ0v) is 13.7. The smallest absolute Gasteiger partial charge is 0.133 e. The average Bonchev–Trinajstić information content (AvgIpc) is 2.99. The van der Waals surface area contributed by atoms with E-state index in [0.717, 1.165) is 43.4 Å². The number of nitrogens with one attached hydrogen (secondary N) is 2. The lowest BCUT2D eigenvalue weighted by molar-refractivity contribution is 0.269. The van der Waals surface area contributed by atoms with E-state index in [2.05, 4.69) is 46.3 Å². The fraction of sp³-hybridized carbons (Fsp3) is 0.750. The number of hydrogen-bond donors (Lipinski definition) is 2. The van der Waals surface area contributed by atoms with Crippen LogP contribution in [-0.2, 0) is 6.42 Å². The van der Waals surface area contributed by atoms with Crippen molar-refractivity contribution in [2.24, 2.45) is 0 Å². The summed E-state index contributed by atoms with van der Waals surface area (Å²) < 4.78 is 0. The second kappa shape index (κ2) is 8.17. The normalized spacial score (nSPS) is 16.9. The molecule has 1 saturated heterocycles. The highest BCUT2D eigenvalue weighted by molar-refractivity contribution is 5.47. The van der Waals surface area contributed by atoms with E-state index in [0.29, 0.717) is 6.04 Å². The molecular weight excluding hydrogens is 262 g/mol. The molecule has 2 heterocycles. The van der Waals surface area contributed by atoms with Crippen LogP contribution in [0.1, 0.15) is 45.9 Å². The van der Waals surface area contributed by atoms with E-state index in [4.69, 9.17) is 0 Å². The molecule has 1 unspecified atom stereocenters. The number of rotatable bonds is 8. The van der Waals surface area contributed by atoms with Crippen LogP contribution in [0.4, 0.5) is 11.6 Å². The number of anilines is 2. The molecule has 1 aliphatic rings. The minimum absolute atomic E-state index is 0.555. The third kappa shape index (κ3) is 4.84. The first-order valence-corrected chi connectivity index (χ1v) is 8.32. The molecule has 2 rings (SSSR count). The molecule has 0 bridgehead atoms. The first-order chi connectivity index (χ1) is 10.2. The van der Waals surface area contributed by atoms with Crippen molar-refractivity contribution in [1.82, 2.24) is 14.9 Å². The Labute approximate surface area is 128 Å². The van der Waals surface area contributed by atoms with Gasteiger partial charge in [-0.15, -0.1) is 0 Å². The van der Waals surface area contributed by atoms with Gasteiger partial charge in [-0.05, 0) is 46.2 Å². The standard InChI is InChI=1S/C16H29N5/c1-4-8-14-19-15(17-5-2)11-16(20-14)18-12-13(3)21-9-6-7-10-21/h11,13H,4-10,12H2,1-3H3,(H2,17,18,19,20). The van der Waals surface area contributed by atoms with Gasteiger partial charge in [-0.1, -0.05) is 6.92 Å². The zero-order chi connectivity index (χ0) is 15.1. The predicted molar refractivity (Wildman–Crippen MR) is 88.9 cm³/mol. The number of aromatic nitrogens is 2. The largest absolute Gasteiger partial charge is 0.370 e. The lowest BCUT2D eigenvalue weighted by Crippen LogP contribution is -2.35. The number of likely N-dealkylation sites (tertiary alicyclic amines) is 1. The van der Waals surface area contributed by atoms with Gasteiger partial charge in [0, 0.05) is 31.6 Å². The SMILES string of the molecule is CCCc1nc(NCC)cc(NCC(C)N2CCCC2)n1. The molecule has 0 radical (unpaired) electrons. The van der Waals surface area contributed by atoms with Gasteiger partial charge in [0.1, 0.15) is 17.5 Å².